The van der Waals surface area contributed by atoms with Crippen LogP contribution >= 0.6 is 24.8 Å². The summed E-state index contributed by atoms with van der Waals surface area (Å²) in [4.78, 5) is 11.1. The lowest BCUT2D eigenvalue weighted by molar-refractivity contribution is -0.122. The fourth-order valence-electron chi connectivity index (χ4n) is 1.24. The molecule has 3 heteroatoms. The molecule has 1 aliphatic rings. The van der Waals surface area contributed by atoms with Gasteiger partial charge in [-0.25, -0.2) is 0 Å². The predicted molar refractivity (Wildman–Crippen MR) is 48.5 cm³/mol. The Labute approximate surface area is 71.6 Å². The van der Waals surface area contributed by atoms with Crippen molar-refractivity contribution in [1.29, 1.82) is 0 Å². The van der Waals surface area contributed by atoms with Crippen molar-refractivity contribution in [3.63, 3.8) is 0 Å². The summed E-state index contributed by atoms with van der Waals surface area (Å²) in [7, 11) is 0. The molecule has 0 aromatic carbocycles. The highest BCUT2D eigenvalue weighted by molar-refractivity contribution is 8.11. The fourth-order valence-corrected chi connectivity index (χ4v) is 1.77. The van der Waals surface area contributed by atoms with Gasteiger partial charge in [-0.3, -0.25) is 4.79 Å². The van der Waals surface area contributed by atoms with Crippen LogP contribution in [0.25, 0.3) is 0 Å². The molecule has 1 saturated carbocycles. The fraction of sp³-hybridized carbons (Fsp3) is 0.714. The van der Waals surface area contributed by atoms with E-state index in [0.717, 1.165) is 19.3 Å². The van der Waals surface area contributed by atoms with Gasteiger partial charge in [-0.15, -0.1) is 12.6 Å². The summed E-state index contributed by atoms with van der Waals surface area (Å²) >= 11 is 8.85. The monoisotopic (exact) mass is 174 g/mol. The molecule has 0 aromatic heterocycles. The first-order valence-corrected chi connectivity index (χ1v) is 4.33. The second kappa shape index (κ2) is 3.49. The van der Waals surface area contributed by atoms with E-state index in [1.54, 1.807) is 0 Å². The highest BCUT2D eigenvalue weighted by Gasteiger charge is 2.23. The first kappa shape index (κ1) is 8.21. The Morgan fingerprint density at radius 1 is 1.60 bits per heavy atom. The van der Waals surface area contributed by atoms with Crippen LogP contribution in [0.1, 0.15) is 25.7 Å². The molecule has 0 spiro atoms. The second-order valence-corrected chi connectivity index (χ2v) is 3.83. The molecule has 56 valence electrons. The Hall–Kier alpha value is 0.110. The van der Waals surface area contributed by atoms with Gasteiger partial charge >= 0.3 is 0 Å². The first-order valence-electron chi connectivity index (χ1n) is 3.47. The molecule has 1 aliphatic carbocycles. The van der Waals surface area contributed by atoms with Gasteiger partial charge in [-0.2, -0.15) is 0 Å². The van der Waals surface area contributed by atoms with Crippen molar-refractivity contribution in [3.8, 4) is 0 Å². The summed E-state index contributed by atoms with van der Waals surface area (Å²) in [6.45, 7) is 0. The van der Waals surface area contributed by atoms with Crippen molar-refractivity contribution in [2.45, 2.75) is 25.7 Å². The van der Waals surface area contributed by atoms with Gasteiger partial charge in [0.15, 0.2) is 0 Å². The molecule has 0 heterocycles. The molecule has 0 aromatic rings. The molecule has 1 fully saturated rings. The van der Waals surface area contributed by atoms with E-state index in [9.17, 15) is 4.79 Å². The standard InChI is InChI=1S/C7H10OS2/c8-6-4-2-1-3-5(6)7(9)10/h5H,1-4H2,(H,9,10). The minimum Gasteiger partial charge on any atom is -0.299 e. The largest absolute Gasteiger partial charge is 0.299 e. The van der Waals surface area contributed by atoms with Crippen LogP contribution in [-0.2, 0) is 4.79 Å². The Balaban J connectivity index is 2.56. The molecule has 1 rings (SSSR count). The molecule has 0 saturated heterocycles. The summed E-state index contributed by atoms with van der Waals surface area (Å²) < 4.78 is 0.574. The first-order chi connectivity index (χ1) is 4.72. The van der Waals surface area contributed by atoms with Gasteiger partial charge in [-0.1, -0.05) is 18.6 Å². The van der Waals surface area contributed by atoms with Gasteiger partial charge in [0, 0.05) is 6.42 Å². The van der Waals surface area contributed by atoms with Crippen molar-refractivity contribution in [3.05, 3.63) is 0 Å². The van der Waals surface area contributed by atoms with Gasteiger partial charge in [-0.05, 0) is 12.8 Å². The molecule has 0 aliphatic heterocycles. The summed E-state index contributed by atoms with van der Waals surface area (Å²) in [5, 5.41) is 0. The normalized spacial score (nSPS) is 26.5. The van der Waals surface area contributed by atoms with E-state index < -0.39 is 0 Å². The van der Waals surface area contributed by atoms with E-state index in [-0.39, 0.29) is 11.7 Å². The molecule has 0 bridgehead atoms. The average molecular weight is 174 g/mol. The molecular weight excluding hydrogens is 164 g/mol. The third kappa shape index (κ3) is 1.80. The number of thiol groups is 1. The van der Waals surface area contributed by atoms with Crippen LogP contribution in [0.2, 0.25) is 0 Å². The van der Waals surface area contributed by atoms with E-state index in [1.807, 2.05) is 0 Å². The quantitative estimate of drug-likeness (QED) is 0.484. The Morgan fingerprint density at radius 2 is 2.30 bits per heavy atom. The van der Waals surface area contributed by atoms with Crippen molar-refractivity contribution < 1.29 is 4.79 Å². The SMILES string of the molecule is O=C1CCCCC1C(=S)S. The van der Waals surface area contributed by atoms with Gasteiger partial charge in [0.1, 0.15) is 5.78 Å². The zero-order valence-electron chi connectivity index (χ0n) is 5.67. The second-order valence-electron chi connectivity index (χ2n) is 2.60. The van der Waals surface area contributed by atoms with Crippen LogP contribution in [0.3, 0.4) is 0 Å². The van der Waals surface area contributed by atoms with E-state index in [2.05, 4.69) is 12.6 Å². The third-order valence-electron chi connectivity index (χ3n) is 1.85. The number of thiocarbonyl (C=S) groups is 1. The molecular formula is C7H10OS2. The number of carbonyl (C=O) groups excluding carboxylic acids is 1. The number of Topliss-reactive ketones (excluding diaryl/α,β-unsaturated/α-hetero) is 1. The number of hydrogen-bond donors (Lipinski definition) is 1. The minimum absolute atomic E-state index is 0.0212. The maximum Gasteiger partial charge on any atom is 0.141 e. The predicted octanol–water partition coefficient (Wildman–Crippen LogP) is 2.00. The lowest BCUT2D eigenvalue weighted by Crippen LogP contribution is -2.22. The minimum atomic E-state index is -0.0212. The average Bonchev–Trinajstić information content (AvgIpc) is 1.88. The van der Waals surface area contributed by atoms with Crippen LogP contribution < -0.4 is 0 Å². The van der Waals surface area contributed by atoms with Gasteiger partial charge in [0.25, 0.3) is 0 Å². The summed E-state index contributed by atoms with van der Waals surface area (Å²) in [5.74, 6) is 0.262. The van der Waals surface area contributed by atoms with Gasteiger partial charge in [0.2, 0.25) is 0 Å². The van der Waals surface area contributed by atoms with Gasteiger partial charge in [0.05, 0.1) is 10.1 Å². The molecule has 1 nitrogen and oxygen atoms in total. The van der Waals surface area contributed by atoms with Crippen LogP contribution in [0, 0.1) is 5.92 Å². The summed E-state index contributed by atoms with van der Waals surface area (Å²) in [6, 6.07) is 0. The smallest absolute Gasteiger partial charge is 0.141 e. The summed E-state index contributed by atoms with van der Waals surface area (Å²) in [6.07, 6.45) is 3.77. The summed E-state index contributed by atoms with van der Waals surface area (Å²) in [5.41, 5.74) is 0. The van der Waals surface area contributed by atoms with Crippen molar-refractivity contribution in [1.82, 2.24) is 0 Å². The van der Waals surface area contributed by atoms with Crippen molar-refractivity contribution in [2.75, 3.05) is 0 Å². The van der Waals surface area contributed by atoms with Crippen molar-refractivity contribution in [2.24, 2.45) is 5.92 Å². The molecule has 1 unspecified atom stereocenters. The van der Waals surface area contributed by atoms with E-state index in [1.165, 1.54) is 0 Å². The number of rotatable bonds is 1. The topological polar surface area (TPSA) is 17.1 Å². The van der Waals surface area contributed by atoms with Crippen LogP contribution in [0.5, 0.6) is 0 Å². The van der Waals surface area contributed by atoms with E-state index in [0.29, 0.717) is 10.6 Å². The number of ketones is 1. The molecule has 0 amide bonds. The number of hydrogen-bond acceptors (Lipinski definition) is 2. The maximum absolute atomic E-state index is 11.1. The van der Waals surface area contributed by atoms with Crippen LogP contribution in [0.4, 0.5) is 0 Å². The molecule has 0 radical (unpaired) electrons. The lowest BCUT2D eigenvalue weighted by Gasteiger charge is -2.18. The van der Waals surface area contributed by atoms with Gasteiger partial charge < -0.3 is 0 Å². The Morgan fingerprint density at radius 3 is 2.70 bits per heavy atom. The van der Waals surface area contributed by atoms with Crippen molar-refractivity contribution >= 4 is 34.8 Å². The highest BCUT2D eigenvalue weighted by atomic mass is 32.1. The Kier molecular flexibility index (Phi) is 2.86. The van der Waals surface area contributed by atoms with E-state index in [4.69, 9.17) is 12.2 Å². The van der Waals surface area contributed by atoms with Crippen LogP contribution in [0.15, 0.2) is 0 Å². The maximum atomic E-state index is 11.1. The third-order valence-corrected chi connectivity index (χ3v) is 2.45. The molecule has 10 heavy (non-hydrogen) atoms. The van der Waals surface area contributed by atoms with Crippen LogP contribution in [-0.4, -0.2) is 9.98 Å². The number of carbonyl (C=O) groups is 1. The highest BCUT2D eigenvalue weighted by Crippen LogP contribution is 2.22. The molecule has 1 atom stereocenters. The molecule has 0 N–H and O–H groups in total. The Bertz CT molecular complexity index is 165. The zero-order chi connectivity index (χ0) is 7.56. The zero-order valence-corrected chi connectivity index (χ0v) is 7.38. The van der Waals surface area contributed by atoms with E-state index >= 15 is 0 Å². The lowest BCUT2D eigenvalue weighted by atomic mass is 9.89.